The maximum atomic E-state index is 4.46. The fourth-order valence-electron chi connectivity index (χ4n) is 1.68. The summed E-state index contributed by atoms with van der Waals surface area (Å²) >= 11 is 0. The first-order chi connectivity index (χ1) is 7.16. The van der Waals surface area contributed by atoms with Crippen LogP contribution >= 0.6 is 0 Å². The number of pyridine rings is 1. The van der Waals surface area contributed by atoms with Gasteiger partial charge in [-0.05, 0) is 38.7 Å². The first-order valence-corrected chi connectivity index (χ1v) is 5.23. The van der Waals surface area contributed by atoms with E-state index in [4.69, 9.17) is 0 Å². The molecule has 3 nitrogen and oxygen atoms in total. The molecule has 2 aromatic rings. The Hall–Kier alpha value is -1.35. The number of nitrogens with zero attached hydrogens (tertiary/aromatic N) is 3. The van der Waals surface area contributed by atoms with Crippen molar-refractivity contribution in [2.24, 2.45) is 0 Å². The molecule has 0 N–H and O–H groups in total. The predicted octanol–water partition coefficient (Wildman–Crippen LogP) is 1.91. The number of rotatable bonds is 3. The molecule has 0 aliphatic rings. The van der Waals surface area contributed by atoms with Crippen molar-refractivity contribution in [3.63, 3.8) is 0 Å². The summed E-state index contributed by atoms with van der Waals surface area (Å²) in [6.45, 7) is 4.11. The summed E-state index contributed by atoms with van der Waals surface area (Å²) in [7, 11) is 4.17. The largest absolute Gasteiger partial charge is 0.331 e. The van der Waals surface area contributed by atoms with Gasteiger partial charge in [-0.3, -0.25) is 0 Å². The van der Waals surface area contributed by atoms with Crippen LogP contribution in [-0.2, 0) is 6.54 Å². The van der Waals surface area contributed by atoms with Gasteiger partial charge < -0.3 is 9.47 Å². The maximum Gasteiger partial charge on any atom is 0.139 e. The molecule has 0 spiro atoms. The van der Waals surface area contributed by atoms with E-state index in [9.17, 15) is 0 Å². The van der Waals surface area contributed by atoms with Crippen LogP contribution in [0.25, 0.3) is 11.0 Å². The van der Waals surface area contributed by atoms with Crippen LogP contribution in [-0.4, -0.2) is 35.1 Å². The molecule has 80 valence electrons. The highest BCUT2D eigenvalue weighted by molar-refractivity contribution is 5.76. The van der Waals surface area contributed by atoms with Crippen molar-refractivity contribution in [2.45, 2.75) is 13.5 Å². The van der Waals surface area contributed by atoms with Crippen molar-refractivity contribution >= 4 is 11.0 Å². The lowest BCUT2D eigenvalue weighted by Gasteiger charge is -2.10. The van der Waals surface area contributed by atoms with Gasteiger partial charge in [-0.25, -0.2) is 4.98 Å². The molecule has 0 atom stereocenters. The highest BCUT2D eigenvalue weighted by Crippen LogP contribution is 2.14. The van der Waals surface area contributed by atoms with Crippen LogP contribution in [0.15, 0.2) is 24.5 Å². The van der Waals surface area contributed by atoms with E-state index in [1.165, 1.54) is 10.9 Å². The fourth-order valence-corrected chi connectivity index (χ4v) is 1.68. The van der Waals surface area contributed by atoms with Gasteiger partial charge in [0.1, 0.15) is 5.65 Å². The zero-order valence-corrected chi connectivity index (χ0v) is 9.57. The van der Waals surface area contributed by atoms with E-state index in [1.807, 2.05) is 6.20 Å². The Labute approximate surface area is 90.3 Å². The summed E-state index contributed by atoms with van der Waals surface area (Å²) in [5, 5.41) is 1.23. The van der Waals surface area contributed by atoms with Gasteiger partial charge in [0.15, 0.2) is 0 Å². The van der Waals surface area contributed by atoms with Gasteiger partial charge in [0, 0.05) is 30.9 Å². The molecule has 15 heavy (non-hydrogen) atoms. The third kappa shape index (κ3) is 2.18. The van der Waals surface area contributed by atoms with Gasteiger partial charge in [0.2, 0.25) is 0 Å². The van der Waals surface area contributed by atoms with Gasteiger partial charge >= 0.3 is 0 Å². The molecule has 0 unspecified atom stereocenters. The van der Waals surface area contributed by atoms with E-state index in [-0.39, 0.29) is 0 Å². The molecule has 0 aromatic carbocycles. The zero-order valence-electron chi connectivity index (χ0n) is 9.57. The van der Waals surface area contributed by atoms with Crippen molar-refractivity contribution in [1.29, 1.82) is 0 Å². The van der Waals surface area contributed by atoms with Crippen molar-refractivity contribution in [3.05, 3.63) is 30.1 Å². The smallest absolute Gasteiger partial charge is 0.139 e. The number of likely N-dealkylation sites (N-methyl/N-ethyl adjacent to an activating group) is 1. The number of aromatic nitrogens is 2. The number of hydrogen-bond donors (Lipinski definition) is 0. The molecular weight excluding hydrogens is 186 g/mol. The third-order valence-electron chi connectivity index (χ3n) is 2.53. The highest BCUT2D eigenvalue weighted by atomic mass is 15.1. The van der Waals surface area contributed by atoms with Crippen LogP contribution in [0.3, 0.4) is 0 Å². The molecule has 0 amide bonds. The third-order valence-corrected chi connectivity index (χ3v) is 2.53. The minimum Gasteiger partial charge on any atom is -0.331 e. The van der Waals surface area contributed by atoms with Gasteiger partial charge in [-0.2, -0.15) is 0 Å². The van der Waals surface area contributed by atoms with Crippen molar-refractivity contribution in [3.8, 4) is 0 Å². The monoisotopic (exact) mass is 203 g/mol. The molecule has 0 saturated heterocycles. The van der Waals surface area contributed by atoms with E-state index in [2.05, 4.69) is 53.8 Å². The lowest BCUT2D eigenvalue weighted by molar-refractivity contribution is 0.386. The Morgan fingerprint density at radius 1 is 1.40 bits per heavy atom. The quantitative estimate of drug-likeness (QED) is 0.759. The Morgan fingerprint density at radius 2 is 2.20 bits per heavy atom. The van der Waals surface area contributed by atoms with Gasteiger partial charge in [0.05, 0.1) is 0 Å². The van der Waals surface area contributed by atoms with Crippen LogP contribution in [0, 0.1) is 6.92 Å². The van der Waals surface area contributed by atoms with Gasteiger partial charge in [0.25, 0.3) is 0 Å². The van der Waals surface area contributed by atoms with E-state index >= 15 is 0 Å². The fraction of sp³-hybridized carbons (Fsp3) is 0.417. The topological polar surface area (TPSA) is 21.1 Å². The summed E-state index contributed by atoms with van der Waals surface area (Å²) in [5.41, 5.74) is 2.30. The molecule has 0 fully saturated rings. The molecule has 2 heterocycles. The van der Waals surface area contributed by atoms with E-state index in [0.29, 0.717) is 0 Å². The molecule has 2 aromatic heterocycles. The molecule has 0 saturated carbocycles. The Morgan fingerprint density at radius 3 is 2.93 bits per heavy atom. The summed E-state index contributed by atoms with van der Waals surface area (Å²) in [5.74, 6) is 0. The number of fused-ring (bicyclic) bond motifs is 1. The van der Waals surface area contributed by atoms with Crippen LogP contribution in [0.4, 0.5) is 0 Å². The Balaban J connectivity index is 2.29. The lowest BCUT2D eigenvalue weighted by atomic mass is 10.2. The van der Waals surface area contributed by atoms with Crippen molar-refractivity contribution in [2.75, 3.05) is 20.6 Å². The lowest BCUT2D eigenvalue weighted by Crippen LogP contribution is -2.18. The first-order valence-electron chi connectivity index (χ1n) is 5.23. The van der Waals surface area contributed by atoms with Crippen LogP contribution in [0.1, 0.15) is 5.56 Å². The van der Waals surface area contributed by atoms with Crippen LogP contribution < -0.4 is 0 Å². The molecule has 3 heteroatoms. The second-order valence-corrected chi connectivity index (χ2v) is 4.24. The first kappa shape index (κ1) is 10.2. The summed E-state index contributed by atoms with van der Waals surface area (Å²) in [6.07, 6.45) is 4.04. The SMILES string of the molecule is Cc1cnc2c(ccn2CCN(C)C)c1. The zero-order chi connectivity index (χ0) is 10.8. The summed E-state index contributed by atoms with van der Waals surface area (Å²) in [6, 6.07) is 4.31. The summed E-state index contributed by atoms with van der Waals surface area (Å²) in [4.78, 5) is 6.64. The molecule has 2 rings (SSSR count). The van der Waals surface area contributed by atoms with Gasteiger partial charge in [-0.15, -0.1) is 0 Å². The van der Waals surface area contributed by atoms with Crippen molar-refractivity contribution in [1.82, 2.24) is 14.5 Å². The summed E-state index contributed by atoms with van der Waals surface area (Å²) < 4.78 is 2.20. The minimum atomic E-state index is 0.993. The van der Waals surface area contributed by atoms with Crippen molar-refractivity contribution < 1.29 is 0 Å². The highest BCUT2D eigenvalue weighted by Gasteiger charge is 2.02. The second kappa shape index (κ2) is 4.03. The number of aryl methyl sites for hydroxylation is 1. The number of hydrogen-bond acceptors (Lipinski definition) is 2. The standard InChI is InChI=1S/C12H17N3/c1-10-8-11-4-5-15(7-6-14(2)3)12(11)13-9-10/h4-5,8-9H,6-7H2,1-3H3. The molecule has 0 aliphatic carbocycles. The van der Waals surface area contributed by atoms with E-state index in [1.54, 1.807) is 0 Å². The Kier molecular flexibility index (Phi) is 2.73. The van der Waals surface area contributed by atoms with Crippen LogP contribution in [0.2, 0.25) is 0 Å². The van der Waals surface area contributed by atoms with Gasteiger partial charge in [-0.1, -0.05) is 0 Å². The molecule has 0 aliphatic heterocycles. The van der Waals surface area contributed by atoms with Crippen LogP contribution in [0.5, 0.6) is 0 Å². The van der Waals surface area contributed by atoms with E-state index < -0.39 is 0 Å². The average Bonchev–Trinajstić information content (AvgIpc) is 2.57. The maximum absolute atomic E-state index is 4.46. The van der Waals surface area contributed by atoms with E-state index in [0.717, 1.165) is 18.7 Å². The molecule has 0 bridgehead atoms. The normalized spacial score (nSPS) is 11.5. The second-order valence-electron chi connectivity index (χ2n) is 4.24. The Bertz CT molecular complexity index is 457. The molecular formula is C12H17N3. The molecule has 0 radical (unpaired) electrons. The average molecular weight is 203 g/mol. The predicted molar refractivity (Wildman–Crippen MR) is 63.0 cm³/mol. The minimum absolute atomic E-state index is 0.993.